The van der Waals surface area contributed by atoms with Crippen LogP contribution in [0, 0.1) is 12.8 Å². The molecular formula is C58H54N14O12S6. The van der Waals surface area contributed by atoms with Gasteiger partial charge < -0.3 is 46.6 Å². The first-order valence-electron chi connectivity index (χ1n) is 27.4. The number of thiazole rings is 6. The summed E-state index contributed by atoms with van der Waals surface area (Å²) in [5, 5.41) is 53.5. The molecule has 9 heterocycles. The molecule has 0 saturated carbocycles. The number of aliphatic carboxylic acids is 1. The lowest BCUT2D eigenvalue weighted by molar-refractivity contribution is -0.137. The van der Waals surface area contributed by atoms with Crippen LogP contribution >= 0.6 is 68.0 Å². The molecule has 0 radical (unpaired) electrons. The maximum absolute atomic E-state index is 14.4. The van der Waals surface area contributed by atoms with E-state index in [0.717, 1.165) is 62.9 Å². The Bertz CT molecular complexity index is 4180. The molecule has 464 valence electrons. The fourth-order valence-corrected chi connectivity index (χ4v) is 14.7. The van der Waals surface area contributed by atoms with E-state index < -0.39 is 78.2 Å². The number of amides is 6. The number of aliphatic hydroxyl groups excluding tert-OH is 1. The van der Waals surface area contributed by atoms with Crippen molar-refractivity contribution in [2.45, 2.75) is 70.9 Å². The fraction of sp³-hybridized carbons (Fsp3) is 0.276. The molecule has 0 unspecified atom stereocenters. The molecule has 90 heavy (non-hydrogen) atoms. The normalized spacial score (nSPS) is 15.9. The van der Waals surface area contributed by atoms with Crippen LogP contribution in [0.3, 0.4) is 0 Å². The Hall–Kier alpha value is -9.02. The van der Waals surface area contributed by atoms with Crippen LogP contribution < -0.4 is 31.5 Å². The molecule has 0 saturated heterocycles. The molecule has 9 aromatic rings. The Morgan fingerprint density at radius 3 is 2.16 bits per heavy atom. The van der Waals surface area contributed by atoms with Gasteiger partial charge in [0.15, 0.2) is 0 Å². The molecule has 8 aromatic heterocycles. The van der Waals surface area contributed by atoms with Crippen molar-refractivity contribution in [3.63, 3.8) is 0 Å². The van der Waals surface area contributed by atoms with Gasteiger partial charge in [-0.2, -0.15) is 0 Å². The number of anilines is 1. The highest BCUT2D eigenvalue weighted by Crippen LogP contribution is 2.40. The number of aryl methyl sites for hydroxylation is 1. The number of aromatic carboxylic acids is 1. The number of methoxy groups -OCH3 is 1. The number of carbonyl (C=O) groups excluding carboxylic acids is 6. The van der Waals surface area contributed by atoms with Crippen molar-refractivity contribution in [1.82, 2.24) is 66.5 Å². The van der Waals surface area contributed by atoms with Crippen LogP contribution in [0.25, 0.3) is 43.4 Å². The van der Waals surface area contributed by atoms with Crippen molar-refractivity contribution in [2.75, 3.05) is 32.1 Å². The molecule has 10 bridgehead atoms. The summed E-state index contributed by atoms with van der Waals surface area (Å²) in [4.78, 5) is 147. The zero-order chi connectivity index (χ0) is 63.9. The average Bonchev–Trinajstić information content (AvgIpc) is 1.76. The van der Waals surface area contributed by atoms with Crippen LogP contribution in [0.2, 0.25) is 0 Å². The van der Waals surface area contributed by atoms with Gasteiger partial charge in [0.25, 0.3) is 23.6 Å². The van der Waals surface area contributed by atoms with Crippen LogP contribution in [-0.4, -0.2) is 130 Å². The summed E-state index contributed by atoms with van der Waals surface area (Å²) in [6.07, 6.45) is -0.744. The molecule has 1 aliphatic rings. The van der Waals surface area contributed by atoms with Crippen molar-refractivity contribution in [2.24, 2.45) is 5.92 Å². The number of carboxylic acid groups (broad SMARTS) is 2. The van der Waals surface area contributed by atoms with E-state index in [9.17, 15) is 53.7 Å². The van der Waals surface area contributed by atoms with E-state index in [4.69, 9.17) is 29.7 Å². The highest BCUT2D eigenvalue weighted by atomic mass is 32.1. The van der Waals surface area contributed by atoms with Gasteiger partial charge in [0, 0.05) is 65.3 Å². The minimum atomic E-state index is -1.32. The largest absolute Gasteiger partial charge is 0.481 e. The van der Waals surface area contributed by atoms with Crippen LogP contribution in [0.5, 0.6) is 0 Å². The third-order valence-corrected chi connectivity index (χ3v) is 19.5. The quantitative estimate of drug-likeness (QED) is 0.0483. The maximum Gasteiger partial charge on any atom is 0.337 e. The number of fused-ring (bicyclic) bond motifs is 14. The minimum absolute atomic E-state index is 0.0180. The Morgan fingerprint density at radius 2 is 1.43 bits per heavy atom. The van der Waals surface area contributed by atoms with E-state index in [1.807, 2.05) is 13.8 Å². The molecule has 6 amide bonds. The second kappa shape index (κ2) is 28.2. The monoisotopic (exact) mass is 1330 g/mol. The summed E-state index contributed by atoms with van der Waals surface area (Å²) in [5.41, 5.74) is 1.95. The van der Waals surface area contributed by atoms with Gasteiger partial charge in [-0.3, -0.25) is 43.4 Å². The molecule has 0 spiro atoms. The lowest BCUT2D eigenvalue weighted by Crippen LogP contribution is -2.40. The standard InChI is InChI=1S/C58H54N14O12S6/c1-26(2)42-56-71-45(37(90-56)21-84-5)49(79)61-20-40(74)68-46(47(77)28-10-7-6-8-11-28)55-66-36(24-87-55)53-64-34(22-86-53)44-30(51-65-35(23-85-51)48(78)63-33(18-39(73)59-4)54-70-43(27(3)89-54)50(80)69-42)14-16-31(62-44)52-67-38(25-88-52)72(17-9-12-41(75)76)57(81)32-15-13-29(19-60-32)58(82)83/h6-8,10-11,13-16,19,22-26,33,42,46-47,77H,9,12,17-18,20-21H2,1-5H3,(H,59,73)(H,61,79)(H,63,78)(H,68,74)(H,69,80)(H,75,76)(H,82,83)/t33-,42-,46-,47-/m0/s1. The van der Waals surface area contributed by atoms with E-state index in [1.165, 1.54) is 47.9 Å². The third-order valence-electron chi connectivity index (χ3n) is 13.8. The number of nitrogens with one attached hydrogen (secondary N) is 5. The number of rotatable bonds is 15. The molecular weight excluding hydrogens is 1280 g/mol. The summed E-state index contributed by atoms with van der Waals surface area (Å²) in [5.74, 6) is -6.14. The zero-order valence-corrected chi connectivity index (χ0v) is 53.1. The molecule has 4 atom stereocenters. The number of carboxylic acids is 2. The molecule has 26 nitrogen and oxygen atoms in total. The van der Waals surface area contributed by atoms with E-state index in [2.05, 4.69) is 41.5 Å². The van der Waals surface area contributed by atoms with Gasteiger partial charge in [0.2, 0.25) is 11.8 Å². The summed E-state index contributed by atoms with van der Waals surface area (Å²) < 4.78 is 5.45. The van der Waals surface area contributed by atoms with Gasteiger partial charge in [-0.25, -0.2) is 39.7 Å². The van der Waals surface area contributed by atoms with Crippen LogP contribution in [0.15, 0.2) is 82.3 Å². The summed E-state index contributed by atoms with van der Waals surface area (Å²) >= 11 is 6.90. The molecule has 10 rings (SSSR count). The van der Waals surface area contributed by atoms with E-state index in [1.54, 1.807) is 65.5 Å². The summed E-state index contributed by atoms with van der Waals surface area (Å²) in [7, 11) is 2.91. The van der Waals surface area contributed by atoms with Crippen molar-refractivity contribution in [3.8, 4) is 43.4 Å². The number of aromatic nitrogens is 8. The number of ether oxygens (including phenoxy) is 1. The summed E-state index contributed by atoms with van der Waals surface area (Å²) in [6, 6.07) is 11.6. The Labute approximate surface area is 536 Å². The van der Waals surface area contributed by atoms with Crippen LogP contribution in [0.1, 0.15) is 140 Å². The molecule has 1 aromatic carbocycles. The predicted octanol–water partition coefficient (Wildman–Crippen LogP) is 7.92. The fourth-order valence-electron chi connectivity index (χ4n) is 9.19. The lowest BCUT2D eigenvalue weighted by Gasteiger charge is -2.23. The maximum atomic E-state index is 14.4. The first kappa shape index (κ1) is 64.0. The first-order valence-corrected chi connectivity index (χ1v) is 32.6. The average molecular weight is 1330 g/mol. The third kappa shape index (κ3) is 14.5. The molecule has 0 fully saturated rings. The second-order valence-electron chi connectivity index (χ2n) is 20.3. The van der Waals surface area contributed by atoms with Gasteiger partial charge in [-0.15, -0.1) is 68.0 Å². The number of nitrogens with zero attached hydrogens (tertiary/aromatic N) is 9. The number of hydrogen-bond donors (Lipinski definition) is 8. The molecule has 8 N–H and O–H groups in total. The van der Waals surface area contributed by atoms with Crippen molar-refractivity contribution in [1.29, 1.82) is 0 Å². The predicted molar refractivity (Wildman–Crippen MR) is 337 cm³/mol. The van der Waals surface area contributed by atoms with Gasteiger partial charge >= 0.3 is 11.9 Å². The van der Waals surface area contributed by atoms with Gasteiger partial charge in [0.1, 0.15) is 87.9 Å². The molecule has 0 aliphatic carbocycles. The summed E-state index contributed by atoms with van der Waals surface area (Å²) in [6.45, 7) is 4.78. The minimum Gasteiger partial charge on any atom is -0.481 e. The lowest BCUT2D eigenvalue weighted by atomic mass is 10.0. The molecule has 1 aliphatic heterocycles. The van der Waals surface area contributed by atoms with Crippen molar-refractivity contribution in [3.05, 3.63) is 141 Å². The SMILES string of the molecule is CNC(=O)C[C@@H]1NC(=O)c2csc(n2)-c2ccc(-c3nc(N(CCCC(=O)O)C(=O)c4ccc(C(=O)O)cn4)cs3)nc2-c2csc(n2)-c2csc(n2)[C@H]([C@@H](O)c2ccccc2)NC(=O)CNC(=O)c2nc(sc2COC)[C@H](C(C)C)NC(=O)c2nc1sc2C. The second-order valence-corrected chi connectivity index (χ2v) is 26.2. The number of carbonyl (C=O) groups is 8. The number of hydrogen-bond acceptors (Lipinski definition) is 24. The Morgan fingerprint density at radius 1 is 0.711 bits per heavy atom. The Balaban J connectivity index is 1.06. The molecule has 32 heteroatoms. The zero-order valence-electron chi connectivity index (χ0n) is 48.2. The van der Waals surface area contributed by atoms with Crippen molar-refractivity contribution < 1.29 is 58.4 Å². The van der Waals surface area contributed by atoms with Crippen LogP contribution in [0.4, 0.5) is 5.82 Å². The van der Waals surface area contributed by atoms with Gasteiger partial charge in [0.05, 0.1) is 47.8 Å². The van der Waals surface area contributed by atoms with Crippen LogP contribution in [-0.2, 0) is 25.7 Å². The van der Waals surface area contributed by atoms with Gasteiger partial charge in [-0.05, 0) is 49.1 Å². The van der Waals surface area contributed by atoms with Gasteiger partial charge in [-0.1, -0.05) is 44.2 Å². The highest BCUT2D eigenvalue weighted by Gasteiger charge is 2.33. The number of aliphatic hydroxyl groups is 1. The van der Waals surface area contributed by atoms with Crippen molar-refractivity contribution >= 4 is 121 Å². The van der Waals surface area contributed by atoms with E-state index in [0.29, 0.717) is 63.0 Å². The topological polar surface area (TPSA) is 373 Å². The van der Waals surface area contributed by atoms with E-state index in [-0.39, 0.29) is 83.2 Å². The smallest absolute Gasteiger partial charge is 0.337 e. The Kier molecular flexibility index (Phi) is 20.1. The highest BCUT2D eigenvalue weighted by molar-refractivity contribution is 7.15. The number of pyridine rings is 2. The first-order chi connectivity index (χ1) is 43.3. The van der Waals surface area contributed by atoms with E-state index >= 15 is 0 Å². The number of benzene rings is 1.